The molecular weight excluding hydrogens is 447 g/mol. The molecule has 0 aliphatic heterocycles. The second-order valence-corrected chi connectivity index (χ2v) is 7.39. The second kappa shape index (κ2) is 9.50. The predicted molar refractivity (Wildman–Crippen MR) is 117 cm³/mol. The number of halogens is 2. The van der Waals surface area contributed by atoms with Crippen molar-refractivity contribution in [1.82, 2.24) is 9.97 Å². The van der Waals surface area contributed by atoms with Crippen molar-refractivity contribution in [3.05, 3.63) is 106 Å². The second-order valence-electron chi connectivity index (χ2n) is 6.53. The highest BCUT2D eigenvalue weighted by Crippen LogP contribution is 2.31. The molecule has 150 valence electrons. The van der Waals surface area contributed by atoms with Crippen LogP contribution in [0.15, 0.2) is 89.5 Å². The summed E-state index contributed by atoms with van der Waals surface area (Å²) in [5, 5.41) is 0. The molecule has 2 aromatic carbocycles. The lowest BCUT2D eigenvalue weighted by Crippen LogP contribution is -2.03. The lowest BCUT2D eigenvalue weighted by molar-refractivity contribution is 0.268. The van der Waals surface area contributed by atoms with Gasteiger partial charge in [-0.1, -0.05) is 60.7 Å². The Balaban J connectivity index is 1.61. The van der Waals surface area contributed by atoms with E-state index in [1.807, 2.05) is 60.7 Å². The Hall–Kier alpha value is -3.25. The molecule has 2 aromatic heterocycles. The minimum Gasteiger partial charge on any atom is -0.473 e. The van der Waals surface area contributed by atoms with Crippen LogP contribution >= 0.6 is 15.9 Å². The molecule has 0 radical (unpaired) electrons. The fourth-order valence-corrected chi connectivity index (χ4v) is 3.04. The van der Waals surface area contributed by atoms with Gasteiger partial charge in [-0.25, -0.2) is 4.39 Å². The molecule has 0 spiro atoms. The number of aromatic nitrogens is 2. The third kappa shape index (κ3) is 5.02. The Labute approximate surface area is 182 Å². The van der Waals surface area contributed by atoms with Crippen molar-refractivity contribution in [2.75, 3.05) is 0 Å². The van der Waals surface area contributed by atoms with Crippen molar-refractivity contribution >= 4 is 15.9 Å². The van der Waals surface area contributed by atoms with Crippen molar-refractivity contribution in [3.63, 3.8) is 0 Å². The van der Waals surface area contributed by atoms with E-state index in [0.717, 1.165) is 11.1 Å². The van der Waals surface area contributed by atoms with Gasteiger partial charge in [0.25, 0.3) is 0 Å². The number of benzene rings is 2. The molecule has 4 aromatic rings. The zero-order chi connectivity index (χ0) is 20.8. The largest absolute Gasteiger partial charge is 0.473 e. The third-order valence-electron chi connectivity index (χ3n) is 4.37. The van der Waals surface area contributed by atoms with Crippen molar-refractivity contribution in [2.24, 2.45) is 0 Å². The first-order valence-electron chi connectivity index (χ1n) is 9.35. The molecular formula is C24H18BrFN2O2. The molecule has 0 fully saturated rings. The van der Waals surface area contributed by atoms with Crippen LogP contribution in [0.25, 0.3) is 11.3 Å². The summed E-state index contributed by atoms with van der Waals surface area (Å²) >= 11 is 3.13. The van der Waals surface area contributed by atoms with Crippen LogP contribution in [-0.4, -0.2) is 9.97 Å². The molecule has 0 saturated carbocycles. The molecule has 0 unspecified atom stereocenters. The van der Waals surface area contributed by atoms with Gasteiger partial charge < -0.3 is 9.47 Å². The number of hydrogen-bond donors (Lipinski definition) is 0. The number of hydrogen-bond acceptors (Lipinski definition) is 4. The predicted octanol–water partition coefficient (Wildman–Crippen LogP) is 6.20. The topological polar surface area (TPSA) is 44.2 Å². The highest BCUT2D eigenvalue weighted by molar-refractivity contribution is 9.10. The highest BCUT2D eigenvalue weighted by Gasteiger charge is 2.14. The normalized spacial score (nSPS) is 10.6. The SMILES string of the molecule is Fc1cc(-c2ccc(OCc3ccccc3)nc2OCc2ccccc2)ncc1Br. The Morgan fingerprint density at radius 3 is 2.07 bits per heavy atom. The molecule has 0 amide bonds. The van der Waals surface area contributed by atoms with Crippen LogP contribution in [0.2, 0.25) is 0 Å². The van der Waals surface area contributed by atoms with E-state index in [0.29, 0.717) is 40.7 Å². The zero-order valence-electron chi connectivity index (χ0n) is 16.0. The quantitative estimate of drug-likeness (QED) is 0.326. The minimum absolute atomic E-state index is 0.300. The van der Waals surface area contributed by atoms with Crippen LogP contribution < -0.4 is 9.47 Å². The Bertz CT molecular complexity index is 1120. The maximum atomic E-state index is 14.1. The summed E-state index contributed by atoms with van der Waals surface area (Å²) in [6.45, 7) is 0.707. The van der Waals surface area contributed by atoms with Crippen LogP contribution in [0.1, 0.15) is 11.1 Å². The van der Waals surface area contributed by atoms with Crippen LogP contribution in [0.3, 0.4) is 0 Å². The minimum atomic E-state index is -0.404. The van der Waals surface area contributed by atoms with Crippen LogP contribution in [-0.2, 0) is 13.2 Å². The van der Waals surface area contributed by atoms with Gasteiger partial charge in [-0.05, 0) is 33.1 Å². The van der Waals surface area contributed by atoms with Gasteiger partial charge in [0.1, 0.15) is 19.0 Å². The maximum Gasteiger partial charge on any atom is 0.226 e. The number of pyridine rings is 2. The maximum absolute atomic E-state index is 14.1. The highest BCUT2D eigenvalue weighted by atomic mass is 79.9. The number of rotatable bonds is 7. The Kier molecular flexibility index (Phi) is 6.35. The van der Waals surface area contributed by atoms with Gasteiger partial charge in [0.05, 0.1) is 15.7 Å². The Morgan fingerprint density at radius 2 is 1.43 bits per heavy atom. The molecule has 0 N–H and O–H groups in total. The van der Waals surface area contributed by atoms with Crippen LogP contribution in [0.5, 0.6) is 11.8 Å². The summed E-state index contributed by atoms with van der Waals surface area (Å²) in [7, 11) is 0. The zero-order valence-corrected chi connectivity index (χ0v) is 17.5. The molecule has 2 heterocycles. The van der Waals surface area contributed by atoms with E-state index >= 15 is 0 Å². The van der Waals surface area contributed by atoms with E-state index in [-0.39, 0.29) is 0 Å². The van der Waals surface area contributed by atoms with E-state index in [1.165, 1.54) is 12.3 Å². The summed E-state index contributed by atoms with van der Waals surface area (Å²) in [5.41, 5.74) is 3.05. The van der Waals surface area contributed by atoms with Crippen LogP contribution in [0.4, 0.5) is 4.39 Å². The first kappa shape index (κ1) is 20.0. The smallest absolute Gasteiger partial charge is 0.226 e. The average Bonchev–Trinajstić information content (AvgIpc) is 2.79. The summed E-state index contributed by atoms with van der Waals surface area (Å²) in [5.74, 6) is 0.347. The van der Waals surface area contributed by atoms with Crippen molar-refractivity contribution in [2.45, 2.75) is 13.2 Å². The molecule has 4 nitrogen and oxygen atoms in total. The molecule has 0 bridgehead atoms. The van der Waals surface area contributed by atoms with Crippen LogP contribution in [0, 0.1) is 5.82 Å². The Morgan fingerprint density at radius 1 is 0.800 bits per heavy atom. The summed E-state index contributed by atoms with van der Waals surface area (Å²) in [4.78, 5) is 8.81. The van der Waals surface area contributed by atoms with E-state index in [2.05, 4.69) is 25.9 Å². The van der Waals surface area contributed by atoms with Gasteiger partial charge >= 0.3 is 0 Å². The van der Waals surface area contributed by atoms with Gasteiger partial charge in [-0.15, -0.1) is 0 Å². The first-order valence-corrected chi connectivity index (χ1v) is 10.1. The van der Waals surface area contributed by atoms with E-state index < -0.39 is 5.82 Å². The number of ether oxygens (including phenoxy) is 2. The average molecular weight is 465 g/mol. The molecule has 6 heteroatoms. The molecule has 0 aliphatic carbocycles. The number of nitrogens with zero attached hydrogens (tertiary/aromatic N) is 2. The molecule has 0 saturated heterocycles. The van der Waals surface area contributed by atoms with Gasteiger partial charge in [0.2, 0.25) is 11.8 Å². The van der Waals surface area contributed by atoms with Gasteiger partial charge in [0, 0.05) is 18.3 Å². The monoisotopic (exact) mass is 464 g/mol. The van der Waals surface area contributed by atoms with Crippen molar-refractivity contribution in [3.8, 4) is 23.0 Å². The summed E-state index contributed by atoms with van der Waals surface area (Å²) < 4.78 is 26.2. The summed E-state index contributed by atoms with van der Waals surface area (Å²) in [6, 6.07) is 24.5. The molecule has 4 rings (SSSR count). The van der Waals surface area contributed by atoms with Gasteiger partial charge in [-0.3, -0.25) is 4.98 Å². The van der Waals surface area contributed by atoms with Crippen molar-refractivity contribution in [1.29, 1.82) is 0 Å². The van der Waals surface area contributed by atoms with Gasteiger partial charge in [-0.2, -0.15) is 4.98 Å². The fourth-order valence-electron chi connectivity index (χ4n) is 2.83. The van der Waals surface area contributed by atoms with E-state index in [9.17, 15) is 4.39 Å². The lowest BCUT2D eigenvalue weighted by Gasteiger charge is -2.13. The first-order chi connectivity index (χ1) is 14.7. The fraction of sp³-hybridized carbons (Fsp3) is 0.0833. The lowest BCUT2D eigenvalue weighted by atomic mass is 10.1. The van der Waals surface area contributed by atoms with Gasteiger partial charge in [0.15, 0.2) is 0 Å². The van der Waals surface area contributed by atoms with E-state index in [1.54, 1.807) is 12.1 Å². The van der Waals surface area contributed by atoms with Crippen molar-refractivity contribution < 1.29 is 13.9 Å². The molecule has 0 atom stereocenters. The molecule has 0 aliphatic rings. The standard InChI is InChI=1S/C24H18BrFN2O2/c25-20-14-27-22(13-21(20)26)19-11-12-23(29-15-17-7-3-1-4-8-17)28-24(19)30-16-18-9-5-2-6-10-18/h1-14H,15-16H2. The molecule has 30 heavy (non-hydrogen) atoms. The third-order valence-corrected chi connectivity index (χ3v) is 4.95. The summed E-state index contributed by atoms with van der Waals surface area (Å²) in [6.07, 6.45) is 1.42. The van der Waals surface area contributed by atoms with E-state index in [4.69, 9.17) is 9.47 Å².